The van der Waals surface area contributed by atoms with Crippen molar-refractivity contribution < 1.29 is 13.2 Å². The number of halogens is 3. The fourth-order valence-electron chi connectivity index (χ4n) is 1.58. The topological polar surface area (TPSA) is 38.1 Å². The highest BCUT2D eigenvalue weighted by Gasteiger charge is 2.07. The van der Waals surface area contributed by atoms with Gasteiger partial charge < -0.3 is 9.73 Å². The van der Waals surface area contributed by atoms with Gasteiger partial charge in [0.15, 0.2) is 0 Å². The van der Waals surface area contributed by atoms with Crippen LogP contribution in [0.15, 0.2) is 33.4 Å². The standard InChI is InChI=1S/C13H13BrF2N2OS/c1-8-4-9(5-18-12(8)14)17-6-10-2-3-11(19-10)7-20-13(15)16/h2-5,13,17H,6-7H2,1H3. The molecule has 2 heterocycles. The predicted octanol–water partition coefficient (Wildman–Crippen LogP) is 4.81. The molecule has 0 saturated carbocycles. The summed E-state index contributed by atoms with van der Waals surface area (Å²) in [4.78, 5) is 4.18. The van der Waals surface area contributed by atoms with E-state index in [9.17, 15) is 8.78 Å². The van der Waals surface area contributed by atoms with Crippen LogP contribution in [0.25, 0.3) is 0 Å². The fraction of sp³-hybridized carbons (Fsp3) is 0.308. The normalized spacial score (nSPS) is 11.1. The highest BCUT2D eigenvalue weighted by Crippen LogP contribution is 2.22. The van der Waals surface area contributed by atoms with E-state index in [1.54, 1.807) is 18.3 Å². The van der Waals surface area contributed by atoms with E-state index in [0.717, 1.165) is 15.9 Å². The molecule has 1 N–H and O–H groups in total. The van der Waals surface area contributed by atoms with Crippen molar-refractivity contribution >= 4 is 33.4 Å². The third-order valence-electron chi connectivity index (χ3n) is 2.55. The van der Waals surface area contributed by atoms with Gasteiger partial charge in [-0.3, -0.25) is 0 Å². The maximum absolute atomic E-state index is 12.1. The van der Waals surface area contributed by atoms with Crippen LogP contribution >= 0.6 is 27.7 Å². The predicted molar refractivity (Wildman–Crippen MR) is 80.0 cm³/mol. The van der Waals surface area contributed by atoms with Gasteiger partial charge in [-0.1, -0.05) is 11.8 Å². The number of hydrogen-bond acceptors (Lipinski definition) is 4. The minimum absolute atomic E-state index is 0.177. The highest BCUT2D eigenvalue weighted by atomic mass is 79.9. The van der Waals surface area contributed by atoms with Gasteiger partial charge >= 0.3 is 0 Å². The lowest BCUT2D eigenvalue weighted by atomic mass is 10.3. The van der Waals surface area contributed by atoms with Gasteiger partial charge in [0.25, 0.3) is 5.76 Å². The van der Waals surface area contributed by atoms with Crippen LogP contribution in [0.4, 0.5) is 14.5 Å². The Morgan fingerprint density at radius 1 is 1.40 bits per heavy atom. The molecule has 0 bridgehead atoms. The van der Waals surface area contributed by atoms with E-state index in [4.69, 9.17) is 4.42 Å². The van der Waals surface area contributed by atoms with E-state index < -0.39 is 5.76 Å². The third-order valence-corrected chi connectivity index (χ3v) is 4.08. The monoisotopic (exact) mass is 362 g/mol. The Balaban J connectivity index is 1.89. The molecule has 0 saturated heterocycles. The van der Waals surface area contributed by atoms with Crippen LogP contribution in [0.3, 0.4) is 0 Å². The van der Waals surface area contributed by atoms with Crippen LogP contribution in [-0.4, -0.2) is 10.7 Å². The van der Waals surface area contributed by atoms with Crippen LogP contribution < -0.4 is 5.32 Å². The second-order valence-electron chi connectivity index (χ2n) is 4.12. The summed E-state index contributed by atoms with van der Waals surface area (Å²) in [6.07, 6.45) is 1.72. The van der Waals surface area contributed by atoms with Crippen LogP contribution in [0.2, 0.25) is 0 Å². The minimum atomic E-state index is -2.38. The van der Waals surface area contributed by atoms with E-state index >= 15 is 0 Å². The Kier molecular flexibility index (Phi) is 5.42. The molecule has 0 aliphatic rings. The lowest BCUT2D eigenvalue weighted by molar-refractivity contribution is 0.251. The molecule has 3 nitrogen and oxygen atoms in total. The molecule has 2 rings (SSSR count). The number of nitrogens with one attached hydrogen (secondary N) is 1. The molecule has 0 spiro atoms. The molecule has 20 heavy (non-hydrogen) atoms. The van der Waals surface area contributed by atoms with Gasteiger partial charge in [-0.2, -0.15) is 8.78 Å². The van der Waals surface area contributed by atoms with E-state index in [2.05, 4.69) is 26.2 Å². The molecule has 2 aromatic rings. The first-order valence-electron chi connectivity index (χ1n) is 5.88. The second-order valence-corrected chi connectivity index (χ2v) is 5.85. The van der Waals surface area contributed by atoms with E-state index in [1.807, 2.05) is 13.0 Å². The average molecular weight is 363 g/mol. The number of furan rings is 1. The molecule has 0 aromatic carbocycles. The Hall–Kier alpha value is -1.08. The van der Waals surface area contributed by atoms with Gasteiger partial charge in [-0.25, -0.2) is 4.98 Å². The quantitative estimate of drug-likeness (QED) is 0.748. The number of thioether (sulfide) groups is 1. The van der Waals surface area contributed by atoms with Crippen molar-refractivity contribution in [2.45, 2.75) is 25.0 Å². The average Bonchev–Trinajstić information content (AvgIpc) is 2.86. The molecule has 0 unspecified atom stereocenters. The van der Waals surface area contributed by atoms with Gasteiger partial charge in [0, 0.05) is 0 Å². The van der Waals surface area contributed by atoms with Gasteiger partial charge in [-0.15, -0.1) is 0 Å². The van der Waals surface area contributed by atoms with Crippen LogP contribution in [0, 0.1) is 6.92 Å². The van der Waals surface area contributed by atoms with Crippen molar-refractivity contribution in [3.05, 3.63) is 46.1 Å². The smallest absolute Gasteiger partial charge is 0.284 e. The molecule has 0 aliphatic carbocycles. The lowest BCUT2D eigenvalue weighted by Gasteiger charge is -2.06. The third kappa shape index (κ3) is 4.49. The molecule has 0 radical (unpaired) electrons. The number of rotatable bonds is 6. The summed E-state index contributed by atoms with van der Waals surface area (Å²) >= 11 is 3.89. The van der Waals surface area contributed by atoms with E-state index in [-0.39, 0.29) is 5.75 Å². The van der Waals surface area contributed by atoms with Gasteiger partial charge in [0.1, 0.15) is 16.1 Å². The molecule has 0 atom stereocenters. The largest absolute Gasteiger partial charge is 0.463 e. The molecule has 108 valence electrons. The zero-order valence-corrected chi connectivity index (χ0v) is 13.1. The molecule has 7 heteroatoms. The molecule has 0 fully saturated rings. The maximum atomic E-state index is 12.1. The number of aromatic nitrogens is 1. The molecule has 0 aliphatic heterocycles. The number of aryl methyl sites for hydroxylation is 1. The zero-order valence-electron chi connectivity index (χ0n) is 10.7. The van der Waals surface area contributed by atoms with Crippen molar-refractivity contribution in [2.75, 3.05) is 5.32 Å². The molecule has 0 amide bonds. The number of pyridine rings is 1. The molecule has 2 aromatic heterocycles. The maximum Gasteiger partial charge on any atom is 0.284 e. The summed E-state index contributed by atoms with van der Waals surface area (Å²) in [5.41, 5.74) is 1.91. The van der Waals surface area contributed by atoms with E-state index in [0.29, 0.717) is 29.8 Å². The number of anilines is 1. The Bertz CT molecular complexity index is 577. The molecular formula is C13H13BrF2N2OS. The van der Waals surface area contributed by atoms with Crippen LogP contribution in [-0.2, 0) is 12.3 Å². The fourth-order valence-corrected chi connectivity index (χ4v) is 2.25. The van der Waals surface area contributed by atoms with Crippen LogP contribution in [0.1, 0.15) is 17.1 Å². The summed E-state index contributed by atoms with van der Waals surface area (Å²) in [6, 6.07) is 5.47. The number of alkyl halides is 2. The van der Waals surface area contributed by atoms with Crippen LogP contribution in [0.5, 0.6) is 0 Å². The summed E-state index contributed by atoms with van der Waals surface area (Å²) < 4.78 is 30.4. The number of nitrogens with zero attached hydrogens (tertiary/aromatic N) is 1. The Morgan fingerprint density at radius 2 is 2.15 bits per heavy atom. The van der Waals surface area contributed by atoms with Gasteiger partial charge in [0.2, 0.25) is 0 Å². The summed E-state index contributed by atoms with van der Waals surface area (Å²) in [6.45, 7) is 2.44. The van der Waals surface area contributed by atoms with Gasteiger partial charge in [-0.05, 0) is 46.6 Å². The SMILES string of the molecule is Cc1cc(NCc2ccc(CSC(F)F)o2)cnc1Br. The lowest BCUT2D eigenvalue weighted by Crippen LogP contribution is -1.99. The first-order valence-corrected chi connectivity index (χ1v) is 7.72. The van der Waals surface area contributed by atoms with Crippen molar-refractivity contribution in [3.8, 4) is 0 Å². The van der Waals surface area contributed by atoms with Gasteiger partial charge in [0.05, 0.1) is 24.2 Å². The number of hydrogen-bond donors (Lipinski definition) is 1. The van der Waals surface area contributed by atoms with Crippen molar-refractivity contribution in [1.29, 1.82) is 0 Å². The van der Waals surface area contributed by atoms with E-state index in [1.165, 1.54) is 0 Å². The van der Waals surface area contributed by atoms with Crippen molar-refractivity contribution in [3.63, 3.8) is 0 Å². The molecular weight excluding hydrogens is 350 g/mol. The summed E-state index contributed by atoms with van der Waals surface area (Å²) in [7, 11) is 0. The zero-order chi connectivity index (χ0) is 14.5. The first kappa shape index (κ1) is 15.3. The Morgan fingerprint density at radius 3 is 2.85 bits per heavy atom. The summed E-state index contributed by atoms with van der Waals surface area (Å²) in [5.74, 6) is -0.942. The highest BCUT2D eigenvalue weighted by molar-refractivity contribution is 9.10. The second kappa shape index (κ2) is 7.08. The summed E-state index contributed by atoms with van der Waals surface area (Å²) in [5, 5.41) is 3.18. The minimum Gasteiger partial charge on any atom is -0.463 e. The Labute approximate surface area is 128 Å². The first-order chi connectivity index (χ1) is 9.54. The van der Waals surface area contributed by atoms with Crippen molar-refractivity contribution in [1.82, 2.24) is 4.98 Å². The van der Waals surface area contributed by atoms with Crippen molar-refractivity contribution in [2.24, 2.45) is 0 Å².